The number of carbonyl (C=O) groups is 1. The van der Waals surface area contributed by atoms with Crippen LogP contribution >= 0.6 is 0 Å². The largest absolute Gasteiger partial charge is 0.368 e. The van der Waals surface area contributed by atoms with Gasteiger partial charge in [-0.15, -0.1) is 0 Å². The fourth-order valence-corrected chi connectivity index (χ4v) is 2.76. The van der Waals surface area contributed by atoms with Gasteiger partial charge in [-0.2, -0.15) is 0 Å². The zero-order chi connectivity index (χ0) is 11.8. The second-order valence-electron chi connectivity index (χ2n) is 4.88. The van der Waals surface area contributed by atoms with E-state index < -0.39 is 0 Å². The highest BCUT2D eigenvalue weighted by Crippen LogP contribution is 2.30. The first-order valence-corrected chi connectivity index (χ1v) is 6.13. The van der Waals surface area contributed by atoms with Crippen LogP contribution in [0.2, 0.25) is 0 Å². The fraction of sp³-hybridized carbons (Fsp3) is 0.583. The topological polar surface area (TPSA) is 72.1 Å². The molecule has 1 aliphatic heterocycles. The van der Waals surface area contributed by atoms with E-state index in [9.17, 15) is 4.79 Å². The Morgan fingerprint density at radius 2 is 2.12 bits per heavy atom. The minimum Gasteiger partial charge on any atom is -0.368 e. The highest BCUT2D eigenvalue weighted by atomic mass is 16.2. The standard InChI is InChI=1S/C12H16N4O/c13-12-14-5-9-6-16(7-10(9)15-12)11(17)8-3-1-2-4-8/h5,8H,1-4,6-7H2,(H2,13,14,15). The van der Waals surface area contributed by atoms with Crippen molar-refractivity contribution in [2.75, 3.05) is 5.73 Å². The lowest BCUT2D eigenvalue weighted by molar-refractivity contribution is -0.136. The predicted molar refractivity (Wildman–Crippen MR) is 62.7 cm³/mol. The summed E-state index contributed by atoms with van der Waals surface area (Å²) in [7, 11) is 0. The van der Waals surface area contributed by atoms with Gasteiger partial charge in [0, 0.05) is 24.2 Å². The number of fused-ring (bicyclic) bond motifs is 1. The number of hydrogen-bond donors (Lipinski definition) is 1. The van der Waals surface area contributed by atoms with E-state index in [0.717, 1.165) is 24.1 Å². The Kier molecular flexibility index (Phi) is 2.46. The third-order valence-corrected chi connectivity index (χ3v) is 3.69. The third kappa shape index (κ3) is 1.85. The van der Waals surface area contributed by atoms with Crippen molar-refractivity contribution in [2.24, 2.45) is 5.92 Å². The van der Waals surface area contributed by atoms with Gasteiger partial charge >= 0.3 is 0 Å². The average Bonchev–Trinajstić information content (AvgIpc) is 2.96. The molecule has 5 nitrogen and oxygen atoms in total. The quantitative estimate of drug-likeness (QED) is 0.786. The van der Waals surface area contributed by atoms with Crippen molar-refractivity contribution < 1.29 is 4.79 Å². The molecule has 3 rings (SSSR count). The molecule has 0 atom stereocenters. The lowest BCUT2D eigenvalue weighted by atomic mass is 10.1. The summed E-state index contributed by atoms with van der Waals surface area (Å²) in [6, 6.07) is 0. The molecule has 17 heavy (non-hydrogen) atoms. The lowest BCUT2D eigenvalue weighted by Crippen LogP contribution is -2.30. The molecule has 0 bridgehead atoms. The molecular formula is C12H16N4O. The molecule has 1 amide bonds. The van der Waals surface area contributed by atoms with Crippen molar-refractivity contribution in [2.45, 2.75) is 38.8 Å². The summed E-state index contributed by atoms with van der Waals surface area (Å²) in [4.78, 5) is 22.3. The van der Waals surface area contributed by atoms with E-state index in [0.29, 0.717) is 19.0 Å². The summed E-state index contributed by atoms with van der Waals surface area (Å²) < 4.78 is 0. The number of nitrogens with zero attached hydrogens (tertiary/aromatic N) is 3. The van der Waals surface area contributed by atoms with Gasteiger partial charge in [0.15, 0.2) is 0 Å². The van der Waals surface area contributed by atoms with Crippen LogP contribution < -0.4 is 5.73 Å². The molecule has 0 spiro atoms. The number of carbonyl (C=O) groups excluding carboxylic acids is 1. The molecule has 1 aromatic rings. The first-order chi connectivity index (χ1) is 8.24. The van der Waals surface area contributed by atoms with Crippen LogP contribution in [0.5, 0.6) is 0 Å². The molecule has 1 aromatic heterocycles. The number of amides is 1. The lowest BCUT2D eigenvalue weighted by Gasteiger charge is -2.19. The Morgan fingerprint density at radius 3 is 2.88 bits per heavy atom. The minimum absolute atomic E-state index is 0.231. The molecule has 2 aliphatic rings. The van der Waals surface area contributed by atoms with Crippen LogP contribution in [0, 0.1) is 5.92 Å². The van der Waals surface area contributed by atoms with E-state index in [1.54, 1.807) is 6.20 Å². The first-order valence-electron chi connectivity index (χ1n) is 6.13. The van der Waals surface area contributed by atoms with Crippen LogP contribution in [0.25, 0.3) is 0 Å². The van der Waals surface area contributed by atoms with Crippen LogP contribution in [-0.4, -0.2) is 20.8 Å². The van der Waals surface area contributed by atoms with Crippen LogP contribution in [0.1, 0.15) is 36.9 Å². The van der Waals surface area contributed by atoms with Crippen LogP contribution in [-0.2, 0) is 17.9 Å². The van der Waals surface area contributed by atoms with Gasteiger partial charge in [-0.3, -0.25) is 4.79 Å². The second kappa shape index (κ2) is 3.98. The van der Waals surface area contributed by atoms with E-state index in [-0.39, 0.29) is 11.8 Å². The number of aromatic nitrogens is 2. The fourth-order valence-electron chi connectivity index (χ4n) is 2.76. The van der Waals surface area contributed by atoms with Gasteiger partial charge in [0.25, 0.3) is 0 Å². The van der Waals surface area contributed by atoms with E-state index in [1.807, 2.05) is 4.90 Å². The Bertz CT molecular complexity index is 454. The van der Waals surface area contributed by atoms with Crippen LogP contribution in [0.3, 0.4) is 0 Å². The zero-order valence-electron chi connectivity index (χ0n) is 9.72. The minimum atomic E-state index is 0.231. The summed E-state index contributed by atoms with van der Waals surface area (Å²) in [6.07, 6.45) is 6.19. The van der Waals surface area contributed by atoms with Crippen molar-refractivity contribution in [1.29, 1.82) is 0 Å². The molecule has 5 heteroatoms. The normalized spacial score (nSPS) is 19.6. The van der Waals surface area contributed by atoms with E-state index >= 15 is 0 Å². The summed E-state index contributed by atoms with van der Waals surface area (Å²) in [6.45, 7) is 1.24. The smallest absolute Gasteiger partial charge is 0.226 e. The summed E-state index contributed by atoms with van der Waals surface area (Å²) >= 11 is 0. The predicted octanol–water partition coefficient (Wildman–Crippen LogP) is 1.09. The summed E-state index contributed by atoms with van der Waals surface area (Å²) in [5.74, 6) is 0.799. The van der Waals surface area contributed by atoms with Gasteiger partial charge in [-0.05, 0) is 12.8 Å². The highest BCUT2D eigenvalue weighted by Gasteiger charge is 2.31. The van der Waals surface area contributed by atoms with Gasteiger partial charge in [0.2, 0.25) is 11.9 Å². The maximum atomic E-state index is 12.2. The van der Waals surface area contributed by atoms with Crippen molar-refractivity contribution >= 4 is 11.9 Å². The van der Waals surface area contributed by atoms with Crippen molar-refractivity contribution in [3.05, 3.63) is 17.5 Å². The second-order valence-corrected chi connectivity index (χ2v) is 4.88. The van der Waals surface area contributed by atoms with Gasteiger partial charge in [0.05, 0.1) is 12.2 Å². The van der Waals surface area contributed by atoms with Crippen LogP contribution in [0.4, 0.5) is 5.95 Å². The molecule has 1 fully saturated rings. The SMILES string of the molecule is Nc1ncc2c(n1)CN(C(=O)C1CCCC1)C2. The average molecular weight is 232 g/mol. The Labute approximate surface area is 100 Å². The van der Waals surface area contributed by atoms with Gasteiger partial charge < -0.3 is 10.6 Å². The molecule has 1 saturated carbocycles. The molecular weight excluding hydrogens is 216 g/mol. The summed E-state index contributed by atoms with van der Waals surface area (Å²) in [5.41, 5.74) is 7.49. The zero-order valence-corrected chi connectivity index (χ0v) is 9.72. The van der Waals surface area contributed by atoms with E-state index in [2.05, 4.69) is 9.97 Å². The molecule has 0 aromatic carbocycles. The van der Waals surface area contributed by atoms with E-state index in [1.165, 1.54) is 12.8 Å². The maximum Gasteiger partial charge on any atom is 0.226 e. The molecule has 90 valence electrons. The van der Waals surface area contributed by atoms with Gasteiger partial charge in [0.1, 0.15) is 0 Å². The van der Waals surface area contributed by atoms with Crippen molar-refractivity contribution in [3.63, 3.8) is 0 Å². The Hall–Kier alpha value is -1.65. The molecule has 2 N–H and O–H groups in total. The molecule has 1 aliphatic carbocycles. The number of anilines is 1. The first kappa shape index (κ1) is 10.5. The number of rotatable bonds is 1. The third-order valence-electron chi connectivity index (χ3n) is 3.69. The van der Waals surface area contributed by atoms with Gasteiger partial charge in [-0.25, -0.2) is 9.97 Å². The van der Waals surface area contributed by atoms with Crippen molar-refractivity contribution in [1.82, 2.24) is 14.9 Å². The van der Waals surface area contributed by atoms with E-state index in [4.69, 9.17) is 5.73 Å². The highest BCUT2D eigenvalue weighted by molar-refractivity contribution is 5.79. The molecule has 0 saturated heterocycles. The van der Waals surface area contributed by atoms with Crippen molar-refractivity contribution in [3.8, 4) is 0 Å². The number of nitrogen functional groups attached to an aromatic ring is 1. The maximum absolute atomic E-state index is 12.2. The Morgan fingerprint density at radius 1 is 1.35 bits per heavy atom. The van der Waals surface area contributed by atoms with Gasteiger partial charge in [-0.1, -0.05) is 12.8 Å². The molecule has 0 radical (unpaired) electrons. The Balaban J connectivity index is 1.75. The summed E-state index contributed by atoms with van der Waals surface area (Å²) in [5, 5.41) is 0. The van der Waals surface area contributed by atoms with Crippen LogP contribution in [0.15, 0.2) is 6.20 Å². The molecule has 0 unspecified atom stereocenters. The molecule has 2 heterocycles. The monoisotopic (exact) mass is 232 g/mol. The number of hydrogen-bond acceptors (Lipinski definition) is 4. The number of nitrogens with two attached hydrogens (primary N) is 1.